The minimum absolute atomic E-state index is 0.706. The molecule has 2 aromatic rings. The quantitative estimate of drug-likeness (QED) is 0.778. The summed E-state index contributed by atoms with van der Waals surface area (Å²) in [4.78, 5) is 0. The largest absolute Gasteiger partial charge is 0.493 e. The van der Waals surface area contributed by atoms with Crippen LogP contribution in [0.2, 0.25) is 0 Å². The summed E-state index contributed by atoms with van der Waals surface area (Å²) in [6.07, 6.45) is 0. The Morgan fingerprint density at radius 3 is 2.86 bits per heavy atom. The standard InChI is InChI=1S/C10H8Br2O2/c1-13-9-3-2-8(12)7-4-6(5-11)14-10(7)9/h2-4H,5H2,1H3. The third-order valence-electron chi connectivity index (χ3n) is 2.00. The molecule has 0 saturated heterocycles. The number of halogens is 2. The monoisotopic (exact) mass is 318 g/mol. The molecule has 0 amide bonds. The number of methoxy groups -OCH3 is 1. The van der Waals surface area contributed by atoms with Crippen LogP contribution >= 0.6 is 31.9 Å². The second kappa shape index (κ2) is 3.95. The predicted molar refractivity (Wildman–Crippen MR) is 63.1 cm³/mol. The van der Waals surface area contributed by atoms with Crippen molar-refractivity contribution in [2.24, 2.45) is 0 Å². The fourth-order valence-corrected chi connectivity index (χ4v) is 2.05. The van der Waals surface area contributed by atoms with Crippen molar-refractivity contribution >= 4 is 42.8 Å². The number of furan rings is 1. The van der Waals surface area contributed by atoms with E-state index in [-0.39, 0.29) is 0 Å². The molecular formula is C10H8Br2O2. The zero-order valence-electron chi connectivity index (χ0n) is 7.51. The van der Waals surface area contributed by atoms with Crippen molar-refractivity contribution in [1.29, 1.82) is 0 Å². The van der Waals surface area contributed by atoms with Gasteiger partial charge in [-0.25, -0.2) is 0 Å². The summed E-state index contributed by atoms with van der Waals surface area (Å²) in [6, 6.07) is 5.83. The van der Waals surface area contributed by atoms with E-state index in [2.05, 4.69) is 31.9 Å². The van der Waals surface area contributed by atoms with Crippen molar-refractivity contribution in [3.63, 3.8) is 0 Å². The third-order valence-corrected chi connectivity index (χ3v) is 3.24. The molecule has 14 heavy (non-hydrogen) atoms. The molecule has 2 rings (SSSR count). The van der Waals surface area contributed by atoms with Gasteiger partial charge in [-0.15, -0.1) is 0 Å². The van der Waals surface area contributed by atoms with Crippen molar-refractivity contribution in [2.75, 3.05) is 7.11 Å². The van der Waals surface area contributed by atoms with Crippen LogP contribution in [0.4, 0.5) is 0 Å². The maximum absolute atomic E-state index is 5.62. The van der Waals surface area contributed by atoms with Gasteiger partial charge in [-0.3, -0.25) is 0 Å². The van der Waals surface area contributed by atoms with E-state index in [4.69, 9.17) is 9.15 Å². The lowest BCUT2D eigenvalue weighted by molar-refractivity contribution is 0.408. The van der Waals surface area contributed by atoms with Crippen LogP contribution in [0, 0.1) is 0 Å². The van der Waals surface area contributed by atoms with E-state index in [1.807, 2.05) is 18.2 Å². The SMILES string of the molecule is COc1ccc(Br)c2cc(CBr)oc12. The minimum Gasteiger partial charge on any atom is -0.493 e. The van der Waals surface area contributed by atoms with E-state index in [0.717, 1.165) is 27.0 Å². The van der Waals surface area contributed by atoms with Gasteiger partial charge in [0.05, 0.1) is 12.4 Å². The highest BCUT2D eigenvalue weighted by Crippen LogP contribution is 2.34. The Balaban J connectivity index is 2.74. The first-order valence-electron chi connectivity index (χ1n) is 4.07. The van der Waals surface area contributed by atoms with Gasteiger partial charge in [0.15, 0.2) is 11.3 Å². The van der Waals surface area contributed by atoms with Crippen molar-refractivity contribution in [3.05, 3.63) is 28.4 Å². The van der Waals surface area contributed by atoms with E-state index >= 15 is 0 Å². The summed E-state index contributed by atoms with van der Waals surface area (Å²) in [5.41, 5.74) is 0.788. The number of ether oxygens (including phenoxy) is 1. The molecule has 0 fully saturated rings. The van der Waals surface area contributed by atoms with Gasteiger partial charge in [-0.05, 0) is 18.2 Å². The number of rotatable bonds is 2. The number of hydrogen-bond donors (Lipinski definition) is 0. The Morgan fingerprint density at radius 1 is 1.43 bits per heavy atom. The van der Waals surface area contributed by atoms with Gasteiger partial charge in [-0.1, -0.05) is 31.9 Å². The Morgan fingerprint density at radius 2 is 2.21 bits per heavy atom. The van der Waals surface area contributed by atoms with E-state index in [1.165, 1.54) is 0 Å². The Bertz CT molecular complexity index is 462. The smallest absolute Gasteiger partial charge is 0.177 e. The van der Waals surface area contributed by atoms with E-state index < -0.39 is 0 Å². The van der Waals surface area contributed by atoms with Gasteiger partial charge >= 0.3 is 0 Å². The predicted octanol–water partition coefficient (Wildman–Crippen LogP) is 4.10. The van der Waals surface area contributed by atoms with Crippen LogP contribution in [0.3, 0.4) is 0 Å². The zero-order chi connectivity index (χ0) is 10.1. The number of hydrogen-bond acceptors (Lipinski definition) is 2. The zero-order valence-corrected chi connectivity index (χ0v) is 10.7. The van der Waals surface area contributed by atoms with Crippen molar-refractivity contribution in [1.82, 2.24) is 0 Å². The molecule has 0 aliphatic rings. The highest BCUT2D eigenvalue weighted by Gasteiger charge is 2.10. The van der Waals surface area contributed by atoms with Gasteiger partial charge in [-0.2, -0.15) is 0 Å². The fourth-order valence-electron chi connectivity index (χ4n) is 1.34. The van der Waals surface area contributed by atoms with Gasteiger partial charge in [0.1, 0.15) is 5.76 Å². The average molecular weight is 320 g/mol. The Labute approximate surface area is 98.5 Å². The first kappa shape index (κ1) is 10.1. The normalized spacial score (nSPS) is 10.8. The molecule has 0 radical (unpaired) electrons. The van der Waals surface area contributed by atoms with Crippen molar-refractivity contribution in [3.8, 4) is 5.75 Å². The average Bonchev–Trinajstić information content (AvgIpc) is 2.63. The summed E-state index contributed by atoms with van der Waals surface area (Å²) >= 11 is 6.83. The van der Waals surface area contributed by atoms with Crippen LogP contribution in [-0.2, 0) is 5.33 Å². The van der Waals surface area contributed by atoms with E-state index in [0.29, 0.717) is 5.33 Å². The molecule has 0 unspecified atom stereocenters. The second-order valence-electron chi connectivity index (χ2n) is 2.84. The second-order valence-corrected chi connectivity index (χ2v) is 4.25. The van der Waals surface area contributed by atoms with Gasteiger partial charge in [0, 0.05) is 9.86 Å². The Kier molecular flexibility index (Phi) is 2.83. The first-order chi connectivity index (χ1) is 6.76. The van der Waals surface area contributed by atoms with Crippen LogP contribution in [0.15, 0.2) is 27.1 Å². The van der Waals surface area contributed by atoms with Gasteiger partial charge in [0.25, 0.3) is 0 Å². The topological polar surface area (TPSA) is 22.4 Å². The molecule has 1 heterocycles. The summed E-state index contributed by atoms with van der Waals surface area (Å²) in [6.45, 7) is 0. The van der Waals surface area contributed by atoms with Crippen LogP contribution in [0.25, 0.3) is 11.0 Å². The minimum atomic E-state index is 0.706. The summed E-state index contributed by atoms with van der Waals surface area (Å²) in [5.74, 6) is 1.65. The fraction of sp³-hybridized carbons (Fsp3) is 0.200. The maximum atomic E-state index is 5.62. The molecule has 1 aromatic carbocycles. The molecule has 0 N–H and O–H groups in total. The molecule has 0 spiro atoms. The molecule has 2 nitrogen and oxygen atoms in total. The first-order valence-corrected chi connectivity index (χ1v) is 5.98. The Hall–Kier alpha value is -0.480. The lowest BCUT2D eigenvalue weighted by atomic mass is 10.2. The van der Waals surface area contributed by atoms with Crippen LogP contribution < -0.4 is 4.74 Å². The molecule has 0 bridgehead atoms. The van der Waals surface area contributed by atoms with Gasteiger partial charge < -0.3 is 9.15 Å². The summed E-state index contributed by atoms with van der Waals surface area (Å²) in [5, 5.41) is 1.75. The maximum Gasteiger partial charge on any atom is 0.177 e. The molecule has 4 heteroatoms. The highest BCUT2D eigenvalue weighted by atomic mass is 79.9. The van der Waals surface area contributed by atoms with Crippen LogP contribution in [0.1, 0.15) is 5.76 Å². The third kappa shape index (κ3) is 1.57. The molecule has 0 aliphatic carbocycles. The lowest BCUT2D eigenvalue weighted by Gasteiger charge is -2.00. The number of alkyl halides is 1. The lowest BCUT2D eigenvalue weighted by Crippen LogP contribution is -1.82. The number of fused-ring (bicyclic) bond motifs is 1. The molecule has 1 aromatic heterocycles. The molecule has 74 valence electrons. The molecular weight excluding hydrogens is 312 g/mol. The molecule has 0 saturated carbocycles. The summed E-state index contributed by atoms with van der Waals surface area (Å²) < 4.78 is 11.8. The highest BCUT2D eigenvalue weighted by molar-refractivity contribution is 9.10. The van der Waals surface area contributed by atoms with Crippen LogP contribution in [-0.4, -0.2) is 7.11 Å². The van der Waals surface area contributed by atoms with E-state index in [1.54, 1.807) is 7.11 Å². The van der Waals surface area contributed by atoms with Crippen LogP contribution in [0.5, 0.6) is 5.75 Å². The van der Waals surface area contributed by atoms with E-state index in [9.17, 15) is 0 Å². The summed E-state index contributed by atoms with van der Waals surface area (Å²) in [7, 11) is 1.64. The molecule has 0 aliphatic heterocycles. The van der Waals surface area contributed by atoms with Gasteiger partial charge in [0.2, 0.25) is 0 Å². The van der Waals surface area contributed by atoms with Crippen molar-refractivity contribution in [2.45, 2.75) is 5.33 Å². The molecule has 0 atom stereocenters. The number of benzene rings is 1. The van der Waals surface area contributed by atoms with Crippen molar-refractivity contribution < 1.29 is 9.15 Å².